The molecule has 1 rings (SSSR count). The summed E-state index contributed by atoms with van der Waals surface area (Å²) in [5, 5.41) is 10.1. The number of rotatable bonds is 6. The lowest BCUT2D eigenvalue weighted by Gasteiger charge is -2.31. The Labute approximate surface area is 137 Å². The maximum Gasteiger partial charge on any atom is 0.324 e. The molecule has 0 fully saturated rings. The molecule has 6 heteroatoms. The molecule has 0 heterocycles. The van der Waals surface area contributed by atoms with Gasteiger partial charge < -0.3 is 9.84 Å². The van der Waals surface area contributed by atoms with E-state index >= 15 is 0 Å². The van der Waals surface area contributed by atoms with E-state index < -0.39 is 23.3 Å². The van der Waals surface area contributed by atoms with E-state index in [9.17, 15) is 14.7 Å². The van der Waals surface area contributed by atoms with Gasteiger partial charge >= 0.3 is 11.9 Å². The van der Waals surface area contributed by atoms with Gasteiger partial charge in [0.25, 0.3) is 0 Å². The van der Waals surface area contributed by atoms with Gasteiger partial charge in [0.1, 0.15) is 0 Å². The normalized spacial score (nSPS) is 13.8. The largest absolute Gasteiger partial charge is 0.480 e. The Kier molecular flexibility index (Phi) is 6.23. The number of carbonyl (C=O) groups excluding carboxylic acids is 1. The summed E-state index contributed by atoms with van der Waals surface area (Å²) in [6.45, 7) is 5.17. The number of ether oxygens (including phenoxy) is 1. The second kappa shape index (κ2) is 7.27. The Balaban J connectivity index is 3.30. The van der Waals surface area contributed by atoms with Gasteiger partial charge in [0, 0.05) is 15.9 Å². The van der Waals surface area contributed by atoms with Gasteiger partial charge in [-0.25, -0.2) is 0 Å². The Morgan fingerprint density at radius 1 is 1.43 bits per heavy atom. The van der Waals surface area contributed by atoms with Crippen molar-refractivity contribution in [2.75, 3.05) is 6.61 Å². The topological polar surface area (TPSA) is 63.6 Å². The van der Waals surface area contributed by atoms with E-state index in [1.54, 1.807) is 39.0 Å². The van der Waals surface area contributed by atoms with Crippen LogP contribution < -0.4 is 0 Å². The van der Waals surface area contributed by atoms with Gasteiger partial charge in [-0.3, -0.25) is 9.59 Å². The molecule has 1 atom stereocenters. The average molecular weight is 378 g/mol. The van der Waals surface area contributed by atoms with E-state index in [1.165, 1.54) is 0 Å². The number of benzene rings is 1. The Hall–Kier alpha value is -1.07. The predicted octanol–water partition coefficient (Wildman–Crippen LogP) is 3.94. The lowest BCUT2D eigenvalue weighted by molar-refractivity contribution is -0.172. The highest BCUT2D eigenvalue weighted by molar-refractivity contribution is 9.10. The van der Waals surface area contributed by atoms with Crippen LogP contribution in [0.2, 0.25) is 5.02 Å². The smallest absolute Gasteiger partial charge is 0.324 e. The fourth-order valence-electron chi connectivity index (χ4n) is 2.15. The third-order valence-electron chi connectivity index (χ3n) is 3.49. The van der Waals surface area contributed by atoms with Crippen molar-refractivity contribution >= 4 is 39.5 Å². The fourth-order valence-corrected chi connectivity index (χ4v) is 2.89. The molecule has 0 spiro atoms. The SMILES string of the molecule is CCOC(=O)C(Cc1ccc(Br)cc1Cl)(C(=O)O)C(C)C. The minimum absolute atomic E-state index is 0.00898. The minimum Gasteiger partial charge on any atom is -0.480 e. The number of halogens is 2. The van der Waals surface area contributed by atoms with Crippen LogP contribution in [-0.4, -0.2) is 23.7 Å². The quantitative estimate of drug-likeness (QED) is 0.602. The van der Waals surface area contributed by atoms with Gasteiger partial charge in [-0.1, -0.05) is 47.4 Å². The molecule has 4 nitrogen and oxygen atoms in total. The summed E-state index contributed by atoms with van der Waals surface area (Å²) in [7, 11) is 0. The van der Waals surface area contributed by atoms with Crippen LogP contribution in [-0.2, 0) is 20.7 Å². The third kappa shape index (κ3) is 3.77. The lowest BCUT2D eigenvalue weighted by atomic mass is 9.72. The van der Waals surface area contributed by atoms with Crippen LogP contribution in [0.5, 0.6) is 0 Å². The molecule has 0 amide bonds. The van der Waals surface area contributed by atoms with E-state index in [0.717, 1.165) is 4.47 Å². The number of carboxylic acids is 1. The number of carbonyl (C=O) groups is 2. The second-order valence-electron chi connectivity index (χ2n) is 5.06. The van der Waals surface area contributed by atoms with E-state index in [0.29, 0.717) is 10.6 Å². The summed E-state index contributed by atoms with van der Waals surface area (Å²) in [6.07, 6.45) is -0.00898. The van der Waals surface area contributed by atoms with Gasteiger partial charge in [0.15, 0.2) is 5.41 Å². The number of hydrogen-bond acceptors (Lipinski definition) is 3. The molecule has 116 valence electrons. The van der Waals surface area contributed by atoms with Crippen LogP contribution >= 0.6 is 27.5 Å². The van der Waals surface area contributed by atoms with Crippen LogP contribution in [0, 0.1) is 11.3 Å². The van der Waals surface area contributed by atoms with Gasteiger partial charge in [0.2, 0.25) is 0 Å². The highest BCUT2D eigenvalue weighted by Gasteiger charge is 2.50. The molecule has 21 heavy (non-hydrogen) atoms. The van der Waals surface area contributed by atoms with Crippen molar-refractivity contribution in [3.05, 3.63) is 33.3 Å². The average Bonchev–Trinajstić information content (AvgIpc) is 2.37. The van der Waals surface area contributed by atoms with Crippen molar-refractivity contribution in [2.24, 2.45) is 11.3 Å². The molecule has 0 radical (unpaired) electrons. The van der Waals surface area contributed by atoms with Crippen molar-refractivity contribution in [2.45, 2.75) is 27.2 Å². The fraction of sp³-hybridized carbons (Fsp3) is 0.467. The first-order valence-corrected chi connectivity index (χ1v) is 7.77. The number of hydrogen-bond donors (Lipinski definition) is 1. The zero-order valence-electron chi connectivity index (χ0n) is 12.2. The predicted molar refractivity (Wildman–Crippen MR) is 84.4 cm³/mol. The molecule has 0 aromatic heterocycles. The molecular formula is C15H18BrClO4. The Morgan fingerprint density at radius 3 is 2.48 bits per heavy atom. The maximum atomic E-state index is 12.3. The summed E-state index contributed by atoms with van der Waals surface area (Å²) < 4.78 is 5.78. The number of carboxylic acid groups (broad SMARTS) is 1. The van der Waals surface area contributed by atoms with Crippen molar-refractivity contribution in [1.29, 1.82) is 0 Å². The zero-order valence-corrected chi connectivity index (χ0v) is 14.5. The van der Waals surface area contributed by atoms with Crippen molar-refractivity contribution in [3.63, 3.8) is 0 Å². The molecule has 0 saturated heterocycles. The van der Waals surface area contributed by atoms with Gasteiger partial charge in [-0.2, -0.15) is 0 Å². The molecule has 0 saturated carbocycles. The molecule has 0 aliphatic rings. The van der Waals surface area contributed by atoms with Crippen molar-refractivity contribution < 1.29 is 19.4 Å². The monoisotopic (exact) mass is 376 g/mol. The highest BCUT2D eigenvalue weighted by atomic mass is 79.9. The standard InChI is InChI=1S/C15H18BrClO4/c1-4-21-14(20)15(9(2)3,13(18)19)8-10-5-6-11(16)7-12(10)17/h5-7,9H,4,8H2,1-3H3,(H,18,19). The van der Waals surface area contributed by atoms with Crippen molar-refractivity contribution in [3.8, 4) is 0 Å². The molecule has 1 aromatic carbocycles. The Bertz CT molecular complexity index is 544. The highest BCUT2D eigenvalue weighted by Crippen LogP contribution is 2.36. The van der Waals surface area contributed by atoms with E-state index in [4.69, 9.17) is 16.3 Å². The maximum absolute atomic E-state index is 12.3. The van der Waals surface area contributed by atoms with E-state index in [2.05, 4.69) is 15.9 Å². The molecule has 0 aliphatic heterocycles. The van der Waals surface area contributed by atoms with E-state index in [1.807, 2.05) is 0 Å². The second-order valence-corrected chi connectivity index (χ2v) is 6.39. The third-order valence-corrected chi connectivity index (χ3v) is 4.34. The summed E-state index contributed by atoms with van der Waals surface area (Å²) in [5.41, 5.74) is -1.04. The molecule has 1 unspecified atom stereocenters. The molecular weight excluding hydrogens is 360 g/mol. The molecule has 1 N–H and O–H groups in total. The van der Waals surface area contributed by atoms with Crippen LogP contribution in [0.25, 0.3) is 0 Å². The lowest BCUT2D eigenvalue weighted by Crippen LogP contribution is -2.47. The molecule has 1 aromatic rings. The van der Waals surface area contributed by atoms with E-state index in [-0.39, 0.29) is 13.0 Å². The van der Waals surface area contributed by atoms with Crippen LogP contribution in [0.15, 0.2) is 22.7 Å². The summed E-state index contributed by atoms with van der Waals surface area (Å²) in [4.78, 5) is 24.1. The molecule has 0 bridgehead atoms. The minimum atomic E-state index is -1.65. The summed E-state index contributed by atoms with van der Waals surface area (Å²) in [5.74, 6) is -2.37. The number of esters is 1. The van der Waals surface area contributed by atoms with Crippen LogP contribution in [0.1, 0.15) is 26.3 Å². The van der Waals surface area contributed by atoms with Gasteiger partial charge in [-0.05, 0) is 30.5 Å². The molecule has 0 aliphatic carbocycles. The van der Waals surface area contributed by atoms with Gasteiger partial charge in [-0.15, -0.1) is 0 Å². The zero-order chi connectivity index (χ0) is 16.2. The Morgan fingerprint density at radius 2 is 2.05 bits per heavy atom. The van der Waals surface area contributed by atoms with Crippen LogP contribution in [0.3, 0.4) is 0 Å². The summed E-state index contributed by atoms with van der Waals surface area (Å²) >= 11 is 9.45. The van der Waals surface area contributed by atoms with Crippen molar-refractivity contribution in [1.82, 2.24) is 0 Å². The van der Waals surface area contributed by atoms with Crippen LogP contribution in [0.4, 0.5) is 0 Å². The van der Waals surface area contributed by atoms with Gasteiger partial charge in [0.05, 0.1) is 6.61 Å². The first kappa shape index (κ1) is 18.0. The summed E-state index contributed by atoms with van der Waals surface area (Å²) in [6, 6.07) is 5.15. The number of aliphatic carboxylic acids is 1. The first-order valence-electron chi connectivity index (χ1n) is 6.60. The first-order chi connectivity index (χ1) is 9.75.